The van der Waals surface area contributed by atoms with Gasteiger partial charge in [0.2, 0.25) is 5.88 Å². The predicted octanol–water partition coefficient (Wildman–Crippen LogP) is 3.74. The first-order valence-corrected chi connectivity index (χ1v) is 7.93. The van der Waals surface area contributed by atoms with Crippen molar-refractivity contribution in [2.75, 3.05) is 0 Å². The van der Waals surface area contributed by atoms with Crippen molar-refractivity contribution >= 4 is 5.65 Å². The summed E-state index contributed by atoms with van der Waals surface area (Å²) in [5.74, 6) is 0.243. The fourth-order valence-corrected chi connectivity index (χ4v) is 3.28. The lowest BCUT2D eigenvalue weighted by molar-refractivity contribution is 0.393. The molecule has 0 saturated heterocycles. The van der Waals surface area contributed by atoms with Gasteiger partial charge in [-0.05, 0) is 43.0 Å². The molecule has 1 saturated carbocycles. The Balaban J connectivity index is 1.84. The molecule has 2 heterocycles. The number of fused-ring (bicyclic) bond motifs is 1. The van der Waals surface area contributed by atoms with Gasteiger partial charge in [-0.3, -0.25) is 0 Å². The van der Waals surface area contributed by atoms with Crippen LogP contribution in [0, 0.1) is 12.7 Å². The normalized spacial score (nSPS) is 15.0. The summed E-state index contributed by atoms with van der Waals surface area (Å²) in [6, 6.07) is 6.76. The summed E-state index contributed by atoms with van der Waals surface area (Å²) in [7, 11) is 0. The van der Waals surface area contributed by atoms with Crippen LogP contribution < -0.4 is 0 Å². The van der Waals surface area contributed by atoms with E-state index >= 15 is 0 Å². The highest BCUT2D eigenvalue weighted by molar-refractivity contribution is 5.48. The lowest BCUT2D eigenvalue weighted by Crippen LogP contribution is -2.15. The predicted molar refractivity (Wildman–Crippen MR) is 85.2 cm³/mol. The Labute approximate surface area is 133 Å². The highest BCUT2D eigenvalue weighted by Crippen LogP contribution is 2.40. The van der Waals surface area contributed by atoms with Crippen molar-refractivity contribution in [3.8, 4) is 5.88 Å². The molecule has 2 aromatic heterocycles. The molecular weight excluding hydrogens is 293 g/mol. The first-order valence-electron chi connectivity index (χ1n) is 7.93. The van der Waals surface area contributed by atoms with E-state index in [-0.39, 0.29) is 11.7 Å². The molecule has 1 N–H and O–H groups in total. The number of hydrogen-bond donors (Lipinski definition) is 1. The molecule has 4 rings (SSSR count). The second-order valence-corrected chi connectivity index (χ2v) is 6.34. The van der Waals surface area contributed by atoms with Gasteiger partial charge in [0, 0.05) is 24.0 Å². The van der Waals surface area contributed by atoms with Crippen molar-refractivity contribution in [1.29, 1.82) is 0 Å². The third-order valence-corrected chi connectivity index (χ3v) is 4.61. The molecule has 1 aromatic carbocycles. The standard InChI is InChI=1S/C18H18FN3O/c1-11-7-12(9-14(19)8-11)10-15-17(13-3-2-4-13)21-16-5-6-20-22(16)18(15)23/h5-9,13,23H,2-4,10H2,1H3. The smallest absolute Gasteiger partial charge is 0.219 e. The van der Waals surface area contributed by atoms with Gasteiger partial charge in [0.15, 0.2) is 5.65 Å². The first-order chi connectivity index (χ1) is 11.1. The first kappa shape index (κ1) is 14.2. The topological polar surface area (TPSA) is 50.4 Å². The number of benzene rings is 1. The van der Waals surface area contributed by atoms with Gasteiger partial charge in [0.25, 0.3) is 0 Å². The average Bonchev–Trinajstić information content (AvgIpc) is 2.88. The summed E-state index contributed by atoms with van der Waals surface area (Å²) >= 11 is 0. The third-order valence-electron chi connectivity index (χ3n) is 4.61. The van der Waals surface area contributed by atoms with E-state index in [2.05, 4.69) is 5.10 Å². The fourth-order valence-electron chi connectivity index (χ4n) is 3.28. The van der Waals surface area contributed by atoms with E-state index in [1.54, 1.807) is 12.3 Å². The van der Waals surface area contributed by atoms with Crippen LogP contribution in [0.2, 0.25) is 0 Å². The van der Waals surface area contributed by atoms with E-state index < -0.39 is 0 Å². The Morgan fingerprint density at radius 2 is 2.13 bits per heavy atom. The van der Waals surface area contributed by atoms with Gasteiger partial charge in [-0.15, -0.1) is 0 Å². The molecule has 1 aliphatic rings. The number of aromatic nitrogens is 3. The maximum Gasteiger partial charge on any atom is 0.219 e. The molecule has 3 aromatic rings. The third kappa shape index (κ3) is 2.46. The van der Waals surface area contributed by atoms with Gasteiger partial charge < -0.3 is 5.11 Å². The van der Waals surface area contributed by atoms with Crippen molar-refractivity contribution in [2.45, 2.75) is 38.5 Å². The van der Waals surface area contributed by atoms with Crippen molar-refractivity contribution in [3.05, 3.63) is 58.7 Å². The van der Waals surface area contributed by atoms with Crippen LogP contribution in [0.5, 0.6) is 5.88 Å². The van der Waals surface area contributed by atoms with E-state index in [0.717, 1.165) is 35.2 Å². The lowest BCUT2D eigenvalue weighted by Gasteiger charge is -2.27. The van der Waals surface area contributed by atoms with Crippen molar-refractivity contribution in [1.82, 2.24) is 14.6 Å². The molecule has 4 nitrogen and oxygen atoms in total. The summed E-state index contributed by atoms with van der Waals surface area (Å²) in [6.45, 7) is 1.87. The van der Waals surface area contributed by atoms with Gasteiger partial charge in [0.1, 0.15) is 5.82 Å². The van der Waals surface area contributed by atoms with Crippen LogP contribution in [0.3, 0.4) is 0 Å². The zero-order valence-electron chi connectivity index (χ0n) is 13.0. The van der Waals surface area contributed by atoms with Gasteiger partial charge in [-0.1, -0.05) is 12.5 Å². The molecule has 0 bridgehead atoms. The second-order valence-electron chi connectivity index (χ2n) is 6.34. The van der Waals surface area contributed by atoms with Crippen LogP contribution in [0.1, 0.15) is 47.6 Å². The van der Waals surface area contributed by atoms with E-state index in [1.807, 2.05) is 13.0 Å². The highest BCUT2D eigenvalue weighted by Gasteiger charge is 2.27. The van der Waals surface area contributed by atoms with Crippen molar-refractivity contribution in [2.24, 2.45) is 0 Å². The van der Waals surface area contributed by atoms with Crippen molar-refractivity contribution < 1.29 is 9.50 Å². The number of halogens is 1. The largest absolute Gasteiger partial charge is 0.493 e. The summed E-state index contributed by atoms with van der Waals surface area (Å²) < 4.78 is 15.1. The molecule has 0 aliphatic heterocycles. The van der Waals surface area contributed by atoms with Gasteiger partial charge in [-0.25, -0.2) is 9.37 Å². The highest BCUT2D eigenvalue weighted by atomic mass is 19.1. The minimum absolute atomic E-state index is 0.115. The molecule has 0 atom stereocenters. The van der Waals surface area contributed by atoms with Crippen LogP contribution in [-0.4, -0.2) is 19.7 Å². The summed E-state index contributed by atoms with van der Waals surface area (Å²) in [6.07, 6.45) is 5.45. The molecular formula is C18H18FN3O. The van der Waals surface area contributed by atoms with Gasteiger partial charge in [0.05, 0.1) is 11.9 Å². The Hall–Kier alpha value is -2.43. The molecule has 1 fully saturated rings. The van der Waals surface area contributed by atoms with Crippen molar-refractivity contribution in [3.63, 3.8) is 0 Å². The Morgan fingerprint density at radius 3 is 2.83 bits per heavy atom. The molecule has 0 radical (unpaired) electrons. The Morgan fingerprint density at radius 1 is 1.30 bits per heavy atom. The maximum atomic E-state index is 13.7. The van der Waals surface area contributed by atoms with Crippen LogP contribution in [0.15, 0.2) is 30.5 Å². The fraction of sp³-hybridized carbons (Fsp3) is 0.333. The molecule has 1 aliphatic carbocycles. The molecule has 0 amide bonds. The number of hydrogen-bond acceptors (Lipinski definition) is 3. The second kappa shape index (κ2) is 5.33. The number of nitrogens with zero attached hydrogens (tertiary/aromatic N) is 3. The van der Waals surface area contributed by atoms with E-state index in [4.69, 9.17) is 4.98 Å². The number of aromatic hydroxyl groups is 1. The van der Waals surface area contributed by atoms with Crippen LogP contribution in [0.4, 0.5) is 4.39 Å². The van der Waals surface area contributed by atoms with E-state index in [0.29, 0.717) is 18.0 Å². The Bertz CT molecular complexity index is 863. The molecule has 23 heavy (non-hydrogen) atoms. The Kier molecular flexibility index (Phi) is 3.29. The summed E-state index contributed by atoms with van der Waals surface area (Å²) in [5.41, 5.74) is 4.06. The average molecular weight is 311 g/mol. The minimum Gasteiger partial charge on any atom is -0.493 e. The van der Waals surface area contributed by atoms with E-state index in [9.17, 15) is 9.50 Å². The monoisotopic (exact) mass is 311 g/mol. The molecule has 0 spiro atoms. The molecule has 118 valence electrons. The zero-order chi connectivity index (χ0) is 16.0. The molecule has 5 heteroatoms. The van der Waals surface area contributed by atoms with Crippen LogP contribution in [0.25, 0.3) is 5.65 Å². The zero-order valence-corrected chi connectivity index (χ0v) is 13.0. The maximum absolute atomic E-state index is 13.7. The minimum atomic E-state index is -0.252. The lowest BCUT2D eigenvalue weighted by atomic mass is 9.80. The van der Waals surface area contributed by atoms with Crippen LogP contribution in [-0.2, 0) is 6.42 Å². The number of rotatable bonds is 3. The summed E-state index contributed by atoms with van der Waals surface area (Å²) in [4.78, 5) is 4.71. The van der Waals surface area contributed by atoms with Crippen LogP contribution >= 0.6 is 0 Å². The SMILES string of the molecule is Cc1cc(F)cc(Cc2c(C3CCC3)nc3ccnn3c2O)c1. The molecule has 0 unspecified atom stereocenters. The van der Waals surface area contributed by atoms with Gasteiger partial charge in [-0.2, -0.15) is 9.61 Å². The van der Waals surface area contributed by atoms with E-state index in [1.165, 1.54) is 23.1 Å². The summed E-state index contributed by atoms with van der Waals surface area (Å²) in [5, 5.41) is 14.8. The quantitative estimate of drug-likeness (QED) is 0.801. The van der Waals surface area contributed by atoms with Gasteiger partial charge >= 0.3 is 0 Å². The number of aryl methyl sites for hydroxylation is 1.